The van der Waals surface area contributed by atoms with E-state index in [1.807, 2.05) is 17.0 Å². The Balaban J connectivity index is 1.83. The lowest BCUT2D eigenvalue weighted by molar-refractivity contribution is -0.137. The van der Waals surface area contributed by atoms with Crippen molar-refractivity contribution < 1.29 is 22.7 Å². The lowest BCUT2D eigenvalue weighted by atomic mass is 10.0. The molecule has 1 fully saturated rings. The highest BCUT2D eigenvalue weighted by molar-refractivity contribution is 5.49. The molecule has 1 N–H and O–H groups in total. The molecule has 0 aliphatic carbocycles. The number of halogens is 3. The molecule has 1 unspecified atom stereocenters. The topological polar surface area (TPSA) is 46.6 Å². The van der Waals surface area contributed by atoms with Crippen molar-refractivity contribution in [1.29, 1.82) is 0 Å². The number of benzene rings is 1. The number of hydrogen-bond donors (Lipinski definition) is 1. The van der Waals surface area contributed by atoms with Crippen molar-refractivity contribution in [2.45, 2.75) is 12.2 Å². The van der Waals surface area contributed by atoms with Crippen molar-refractivity contribution in [2.75, 3.05) is 37.2 Å². The molecule has 0 saturated carbocycles. The van der Waals surface area contributed by atoms with Gasteiger partial charge in [-0.1, -0.05) is 12.1 Å². The third kappa shape index (κ3) is 4.02. The fourth-order valence-corrected chi connectivity index (χ4v) is 2.78. The molecular formula is C17H18F3N3O2. The zero-order valence-corrected chi connectivity index (χ0v) is 13.6. The van der Waals surface area contributed by atoms with Crippen molar-refractivity contribution in [2.24, 2.45) is 0 Å². The lowest BCUT2D eigenvalue weighted by Gasteiger charge is -2.37. The van der Waals surface area contributed by atoms with Gasteiger partial charge in [-0.05, 0) is 29.8 Å². The Morgan fingerprint density at radius 3 is 2.56 bits per heavy atom. The fourth-order valence-electron chi connectivity index (χ4n) is 2.78. The second kappa shape index (κ2) is 7.28. The molecule has 1 aromatic carbocycles. The normalized spacial score (nSPS) is 18.2. The second-order valence-electron chi connectivity index (χ2n) is 5.62. The molecule has 3 rings (SSSR count). The summed E-state index contributed by atoms with van der Waals surface area (Å²) in [4.78, 5) is 11.3. The van der Waals surface area contributed by atoms with Gasteiger partial charge in [-0.3, -0.25) is 10.3 Å². The van der Waals surface area contributed by atoms with Crippen molar-refractivity contribution >= 4 is 11.5 Å². The Morgan fingerprint density at radius 2 is 1.96 bits per heavy atom. The van der Waals surface area contributed by atoms with E-state index >= 15 is 0 Å². The molecule has 134 valence electrons. The molecule has 1 saturated heterocycles. The van der Waals surface area contributed by atoms with E-state index in [2.05, 4.69) is 10.5 Å². The number of aromatic nitrogens is 1. The molecule has 0 bridgehead atoms. The minimum absolute atomic E-state index is 0.190. The third-order valence-electron chi connectivity index (χ3n) is 4.01. The van der Waals surface area contributed by atoms with Gasteiger partial charge in [-0.25, -0.2) is 4.98 Å². The molecule has 8 heteroatoms. The van der Waals surface area contributed by atoms with E-state index in [-0.39, 0.29) is 6.04 Å². The van der Waals surface area contributed by atoms with Crippen molar-refractivity contribution in [1.82, 2.24) is 4.98 Å². The molecule has 0 amide bonds. The monoisotopic (exact) mass is 353 g/mol. The highest BCUT2D eigenvalue weighted by Gasteiger charge is 2.31. The molecule has 2 aromatic rings. The van der Waals surface area contributed by atoms with E-state index in [4.69, 9.17) is 9.57 Å². The van der Waals surface area contributed by atoms with Crippen LogP contribution < -0.4 is 10.4 Å². The van der Waals surface area contributed by atoms with Crippen molar-refractivity contribution in [3.8, 4) is 0 Å². The quantitative estimate of drug-likeness (QED) is 0.850. The standard InChI is InChI=1S/C17H18F3N3O2/c1-24-22-14-6-7-16(21-10-14)23-8-9-25-11-15(23)12-2-4-13(5-3-12)17(18,19)20/h2-7,10,15,22H,8-9,11H2,1H3. The van der Waals surface area contributed by atoms with Crippen LogP contribution in [0.1, 0.15) is 17.2 Å². The van der Waals surface area contributed by atoms with Crippen LogP contribution in [0.3, 0.4) is 0 Å². The maximum absolute atomic E-state index is 12.7. The van der Waals surface area contributed by atoms with Gasteiger partial charge in [0.05, 0.1) is 43.8 Å². The zero-order valence-electron chi connectivity index (χ0n) is 13.6. The molecular weight excluding hydrogens is 335 g/mol. The average molecular weight is 353 g/mol. The summed E-state index contributed by atoms with van der Waals surface area (Å²) in [6, 6.07) is 8.66. The number of alkyl halides is 3. The van der Waals surface area contributed by atoms with Gasteiger partial charge in [-0.2, -0.15) is 13.2 Å². The molecule has 5 nitrogen and oxygen atoms in total. The number of nitrogens with one attached hydrogen (secondary N) is 1. The first kappa shape index (κ1) is 17.5. The molecule has 0 spiro atoms. The SMILES string of the molecule is CONc1ccc(N2CCOCC2c2ccc(C(F)(F)F)cc2)nc1. The largest absolute Gasteiger partial charge is 0.416 e. The summed E-state index contributed by atoms with van der Waals surface area (Å²) < 4.78 is 43.8. The van der Waals surface area contributed by atoms with E-state index in [1.165, 1.54) is 19.2 Å². The Hall–Kier alpha value is -2.32. The van der Waals surface area contributed by atoms with E-state index in [9.17, 15) is 13.2 Å². The number of anilines is 2. The van der Waals surface area contributed by atoms with Gasteiger partial charge < -0.3 is 9.64 Å². The van der Waals surface area contributed by atoms with Crippen LogP contribution in [0.5, 0.6) is 0 Å². The highest BCUT2D eigenvalue weighted by Crippen LogP contribution is 2.33. The van der Waals surface area contributed by atoms with Crippen LogP contribution >= 0.6 is 0 Å². The summed E-state index contributed by atoms with van der Waals surface area (Å²) in [6.45, 7) is 1.54. The van der Waals surface area contributed by atoms with Crippen molar-refractivity contribution in [3.05, 3.63) is 53.7 Å². The number of morpholine rings is 1. The van der Waals surface area contributed by atoms with Crippen LogP contribution in [0.25, 0.3) is 0 Å². The van der Waals surface area contributed by atoms with E-state index in [1.54, 1.807) is 6.20 Å². The Labute approximate surface area is 143 Å². The molecule has 2 heterocycles. The maximum atomic E-state index is 12.7. The van der Waals surface area contributed by atoms with E-state index < -0.39 is 11.7 Å². The number of nitrogens with zero attached hydrogens (tertiary/aromatic N) is 2. The number of pyridine rings is 1. The summed E-state index contributed by atoms with van der Waals surface area (Å²) in [5, 5.41) is 0. The van der Waals surface area contributed by atoms with Gasteiger partial charge in [0.2, 0.25) is 0 Å². The van der Waals surface area contributed by atoms with Gasteiger partial charge in [0.1, 0.15) is 5.82 Å². The maximum Gasteiger partial charge on any atom is 0.416 e. The van der Waals surface area contributed by atoms with Gasteiger partial charge in [-0.15, -0.1) is 0 Å². The smallest absolute Gasteiger partial charge is 0.377 e. The van der Waals surface area contributed by atoms with E-state index in [0.29, 0.717) is 25.4 Å². The van der Waals surface area contributed by atoms with Crippen LogP contribution in [0.15, 0.2) is 42.6 Å². The predicted molar refractivity (Wildman–Crippen MR) is 87.2 cm³/mol. The molecule has 25 heavy (non-hydrogen) atoms. The van der Waals surface area contributed by atoms with Gasteiger partial charge >= 0.3 is 6.18 Å². The Morgan fingerprint density at radius 1 is 1.20 bits per heavy atom. The van der Waals surface area contributed by atoms with Gasteiger partial charge in [0.15, 0.2) is 0 Å². The van der Waals surface area contributed by atoms with Gasteiger partial charge in [0.25, 0.3) is 0 Å². The lowest BCUT2D eigenvalue weighted by Crippen LogP contribution is -2.40. The second-order valence-corrected chi connectivity index (χ2v) is 5.62. The summed E-state index contributed by atoms with van der Waals surface area (Å²) in [5.74, 6) is 0.731. The summed E-state index contributed by atoms with van der Waals surface area (Å²) in [6.07, 6.45) is -2.70. The van der Waals surface area contributed by atoms with Crippen LogP contribution in [-0.2, 0) is 15.8 Å². The highest BCUT2D eigenvalue weighted by atomic mass is 19.4. The van der Waals surface area contributed by atoms with Gasteiger partial charge in [0, 0.05) is 6.54 Å². The minimum Gasteiger partial charge on any atom is -0.377 e. The molecule has 1 aliphatic heterocycles. The van der Waals surface area contributed by atoms with Crippen LogP contribution in [0.4, 0.5) is 24.7 Å². The molecule has 0 radical (unpaired) electrons. The summed E-state index contributed by atoms with van der Waals surface area (Å²) >= 11 is 0. The predicted octanol–water partition coefficient (Wildman–Crippen LogP) is 3.65. The summed E-state index contributed by atoms with van der Waals surface area (Å²) in [5.41, 5.74) is 3.50. The Kier molecular flexibility index (Phi) is 5.10. The average Bonchev–Trinajstić information content (AvgIpc) is 2.62. The fraction of sp³-hybridized carbons (Fsp3) is 0.353. The third-order valence-corrected chi connectivity index (χ3v) is 4.01. The first-order valence-corrected chi connectivity index (χ1v) is 7.75. The number of ether oxygens (including phenoxy) is 1. The molecule has 1 aliphatic rings. The number of rotatable bonds is 4. The first-order chi connectivity index (χ1) is 12.0. The summed E-state index contributed by atoms with van der Waals surface area (Å²) in [7, 11) is 1.51. The van der Waals surface area contributed by atoms with E-state index in [0.717, 1.165) is 23.5 Å². The molecule has 1 atom stereocenters. The number of hydrogen-bond acceptors (Lipinski definition) is 5. The van der Waals surface area contributed by atoms with Crippen LogP contribution in [0, 0.1) is 0 Å². The zero-order chi connectivity index (χ0) is 17.9. The molecule has 1 aromatic heterocycles. The van der Waals surface area contributed by atoms with Crippen molar-refractivity contribution in [3.63, 3.8) is 0 Å². The Bertz CT molecular complexity index is 690. The van der Waals surface area contributed by atoms with Crippen LogP contribution in [0.2, 0.25) is 0 Å². The minimum atomic E-state index is -4.34. The van der Waals surface area contributed by atoms with Crippen LogP contribution in [-0.4, -0.2) is 31.9 Å². The first-order valence-electron chi connectivity index (χ1n) is 7.75.